The molecule has 7 heteroatoms. The summed E-state index contributed by atoms with van der Waals surface area (Å²) in [6, 6.07) is 11.3. The molecule has 0 bridgehead atoms. The SMILES string of the molecule is O=C(c1cc(COc2ccccc2)[nH]n1)N1C[C@@H](O)[C@H](N2CCCCC2)C1. The number of aromatic nitrogens is 2. The summed E-state index contributed by atoms with van der Waals surface area (Å²) in [6.07, 6.45) is 3.10. The molecule has 2 aliphatic heterocycles. The van der Waals surface area contributed by atoms with E-state index >= 15 is 0 Å². The Morgan fingerprint density at radius 3 is 2.74 bits per heavy atom. The molecule has 0 spiro atoms. The molecule has 27 heavy (non-hydrogen) atoms. The number of hydrogen-bond donors (Lipinski definition) is 2. The number of aliphatic hydroxyl groups excluding tert-OH is 1. The summed E-state index contributed by atoms with van der Waals surface area (Å²) in [6.45, 7) is 3.26. The van der Waals surface area contributed by atoms with Gasteiger partial charge in [-0.3, -0.25) is 14.8 Å². The highest BCUT2D eigenvalue weighted by Crippen LogP contribution is 2.22. The van der Waals surface area contributed by atoms with E-state index in [0.29, 0.717) is 25.4 Å². The minimum atomic E-state index is -0.494. The van der Waals surface area contributed by atoms with E-state index in [-0.39, 0.29) is 11.9 Å². The average Bonchev–Trinajstić information content (AvgIpc) is 3.34. The molecule has 0 aliphatic carbocycles. The van der Waals surface area contributed by atoms with Gasteiger partial charge in [-0.2, -0.15) is 5.10 Å². The predicted octanol–water partition coefficient (Wildman–Crippen LogP) is 1.66. The summed E-state index contributed by atoms with van der Waals surface area (Å²) >= 11 is 0. The number of ether oxygens (including phenoxy) is 1. The number of aliphatic hydroxyl groups is 1. The van der Waals surface area contributed by atoms with Crippen LogP contribution in [0, 0.1) is 0 Å². The first kappa shape index (κ1) is 18.0. The molecule has 2 aliphatic rings. The number of rotatable bonds is 5. The van der Waals surface area contributed by atoms with Gasteiger partial charge in [-0.25, -0.2) is 0 Å². The highest BCUT2D eigenvalue weighted by molar-refractivity contribution is 5.92. The number of β-amino-alcohol motifs (C(OH)–C–C–N with tert-alkyl or cyclic N) is 1. The number of aromatic amines is 1. The molecule has 2 fully saturated rings. The molecule has 1 aromatic heterocycles. The lowest BCUT2D eigenvalue weighted by Gasteiger charge is -2.33. The van der Waals surface area contributed by atoms with Crippen LogP contribution < -0.4 is 4.74 Å². The Bertz CT molecular complexity index is 758. The van der Waals surface area contributed by atoms with Crippen LogP contribution in [0.3, 0.4) is 0 Å². The van der Waals surface area contributed by atoms with Crippen LogP contribution in [0.1, 0.15) is 35.4 Å². The average molecular weight is 370 g/mol. The summed E-state index contributed by atoms with van der Waals surface area (Å²) in [4.78, 5) is 16.8. The highest BCUT2D eigenvalue weighted by Gasteiger charge is 2.38. The van der Waals surface area contributed by atoms with Crippen molar-refractivity contribution >= 4 is 5.91 Å². The summed E-state index contributed by atoms with van der Waals surface area (Å²) in [5.74, 6) is 0.628. The number of carbonyl (C=O) groups excluding carboxylic acids is 1. The van der Waals surface area contributed by atoms with Gasteiger partial charge in [-0.05, 0) is 44.1 Å². The molecular weight excluding hydrogens is 344 g/mol. The number of amides is 1. The minimum absolute atomic E-state index is 0.0362. The van der Waals surface area contributed by atoms with E-state index in [1.165, 1.54) is 19.3 Å². The molecule has 0 unspecified atom stereocenters. The van der Waals surface area contributed by atoms with Crippen molar-refractivity contribution in [1.82, 2.24) is 20.0 Å². The first-order valence-electron chi connectivity index (χ1n) is 9.64. The number of benzene rings is 1. The molecule has 2 saturated heterocycles. The predicted molar refractivity (Wildman–Crippen MR) is 100 cm³/mol. The van der Waals surface area contributed by atoms with Crippen molar-refractivity contribution in [3.05, 3.63) is 47.8 Å². The molecule has 2 atom stereocenters. The van der Waals surface area contributed by atoms with E-state index < -0.39 is 6.10 Å². The lowest BCUT2D eigenvalue weighted by atomic mass is 10.1. The van der Waals surface area contributed by atoms with Gasteiger partial charge in [0, 0.05) is 13.1 Å². The fraction of sp³-hybridized carbons (Fsp3) is 0.500. The molecule has 1 amide bonds. The Hall–Kier alpha value is -2.38. The molecule has 0 radical (unpaired) electrons. The van der Waals surface area contributed by atoms with Crippen LogP contribution in [0.2, 0.25) is 0 Å². The molecule has 0 saturated carbocycles. The van der Waals surface area contributed by atoms with E-state index in [9.17, 15) is 9.90 Å². The Kier molecular flexibility index (Phi) is 5.40. The van der Waals surface area contributed by atoms with Crippen molar-refractivity contribution in [2.24, 2.45) is 0 Å². The van der Waals surface area contributed by atoms with Crippen LogP contribution in [0.4, 0.5) is 0 Å². The second-order valence-corrected chi connectivity index (χ2v) is 7.32. The van der Waals surface area contributed by atoms with Crippen molar-refractivity contribution < 1.29 is 14.6 Å². The van der Waals surface area contributed by atoms with Crippen molar-refractivity contribution in [3.8, 4) is 5.75 Å². The summed E-state index contributed by atoms with van der Waals surface area (Å²) in [5.41, 5.74) is 1.11. The largest absolute Gasteiger partial charge is 0.487 e. The number of nitrogens with one attached hydrogen (secondary N) is 1. The number of piperidine rings is 1. The molecule has 1 aromatic carbocycles. The third-order valence-corrected chi connectivity index (χ3v) is 5.39. The van der Waals surface area contributed by atoms with Crippen LogP contribution in [-0.4, -0.2) is 69.3 Å². The van der Waals surface area contributed by atoms with Gasteiger partial charge < -0.3 is 14.7 Å². The van der Waals surface area contributed by atoms with E-state index in [1.807, 2.05) is 30.3 Å². The van der Waals surface area contributed by atoms with E-state index in [2.05, 4.69) is 15.1 Å². The minimum Gasteiger partial charge on any atom is -0.487 e. The Labute approximate surface area is 158 Å². The quantitative estimate of drug-likeness (QED) is 0.837. The number of carbonyl (C=O) groups is 1. The van der Waals surface area contributed by atoms with Crippen molar-refractivity contribution in [1.29, 1.82) is 0 Å². The van der Waals surface area contributed by atoms with Crippen LogP contribution in [-0.2, 0) is 6.61 Å². The molecule has 4 rings (SSSR count). The first-order valence-corrected chi connectivity index (χ1v) is 9.64. The topological polar surface area (TPSA) is 81.7 Å². The smallest absolute Gasteiger partial charge is 0.274 e. The second kappa shape index (κ2) is 8.10. The van der Waals surface area contributed by atoms with Gasteiger partial charge in [-0.1, -0.05) is 24.6 Å². The highest BCUT2D eigenvalue weighted by atomic mass is 16.5. The van der Waals surface area contributed by atoms with Gasteiger partial charge >= 0.3 is 0 Å². The zero-order chi connectivity index (χ0) is 18.6. The fourth-order valence-corrected chi connectivity index (χ4v) is 3.93. The van der Waals surface area contributed by atoms with Crippen LogP contribution >= 0.6 is 0 Å². The molecule has 144 valence electrons. The van der Waals surface area contributed by atoms with Crippen LogP contribution in [0.15, 0.2) is 36.4 Å². The Balaban J connectivity index is 1.35. The lowest BCUT2D eigenvalue weighted by Crippen LogP contribution is -2.46. The van der Waals surface area contributed by atoms with Gasteiger partial charge in [0.1, 0.15) is 12.4 Å². The van der Waals surface area contributed by atoms with Gasteiger partial charge in [0.05, 0.1) is 17.8 Å². The third kappa shape index (κ3) is 4.14. The number of hydrogen-bond acceptors (Lipinski definition) is 5. The van der Waals surface area contributed by atoms with Crippen LogP contribution in [0.5, 0.6) is 5.75 Å². The third-order valence-electron chi connectivity index (χ3n) is 5.39. The number of likely N-dealkylation sites (tertiary alicyclic amines) is 2. The molecule has 7 nitrogen and oxygen atoms in total. The lowest BCUT2D eigenvalue weighted by molar-refractivity contribution is 0.0702. The first-order chi connectivity index (χ1) is 13.2. The zero-order valence-electron chi connectivity index (χ0n) is 15.4. The normalized spacial score (nSPS) is 23.5. The van der Waals surface area contributed by atoms with Crippen molar-refractivity contribution in [3.63, 3.8) is 0 Å². The number of H-pyrrole nitrogens is 1. The second-order valence-electron chi connectivity index (χ2n) is 7.32. The van der Waals surface area contributed by atoms with Crippen LogP contribution in [0.25, 0.3) is 0 Å². The molecule has 2 aromatic rings. The molecular formula is C20H26N4O3. The summed E-state index contributed by atoms with van der Waals surface area (Å²) in [7, 11) is 0. The van der Waals surface area contributed by atoms with Gasteiger partial charge in [0.15, 0.2) is 5.69 Å². The number of para-hydroxylation sites is 1. The molecule has 3 heterocycles. The maximum absolute atomic E-state index is 12.8. The van der Waals surface area contributed by atoms with Gasteiger partial charge in [-0.15, -0.1) is 0 Å². The van der Waals surface area contributed by atoms with E-state index in [4.69, 9.17) is 4.74 Å². The summed E-state index contributed by atoms with van der Waals surface area (Å²) in [5, 5.41) is 17.5. The maximum atomic E-state index is 12.8. The van der Waals surface area contributed by atoms with Crippen molar-refractivity contribution in [2.45, 2.75) is 38.0 Å². The van der Waals surface area contributed by atoms with Gasteiger partial charge in [0.25, 0.3) is 5.91 Å². The van der Waals surface area contributed by atoms with Gasteiger partial charge in [0.2, 0.25) is 0 Å². The maximum Gasteiger partial charge on any atom is 0.274 e. The standard InChI is InChI=1S/C20H26N4O3/c25-19-13-24(12-18(19)23-9-5-2-6-10-23)20(26)17-11-15(21-22-17)14-27-16-7-3-1-4-8-16/h1,3-4,7-8,11,18-19,25H,2,5-6,9-10,12-14H2,(H,21,22)/t18-,19-/m1/s1. The summed E-state index contributed by atoms with van der Waals surface area (Å²) < 4.78 is 5.68. The Morgan fingerprint density at radius 1 is 1.19 bits per heavy atom. The monoisotopic (exact) mass is 370 g/mol. The molecule has 2 N–H and O–H groups in total. The Morgan fingerprint density at radius 2 is 1.96 bits per heavy atom. The fourth-order valence-electron chi connectivity index (χ4n) is 3.93. The van der Waals surface area contributed by atoms with Crippen molar-refractivity contribution in [2.75, 3.05) is 26.2 Å². The van der Waals surface area contributed by atoms with E-state index in [0.717, 1.165) is 24.5 Å². The number of nitrogens with zero attached hydrogens (tertiary/aromatic N) is 3. The van der Waals surface area contributed by atoms with E-state index in [1.54, 1.807) is 11.0 Å². The zero-order valence-corrected chi connectivity index (χ0v) is 15.4.